The quantitative estimate of drug-likeness (QED) is 0.620. The van der Waals surface area contributed by atoms with E-state index in [4.69, 9.17) is 0 Å². The summed E-state index contributed by atoms with van der Waals surface area (Å²) in [5.74, 6) is 0. The molecule has 0 nitrogen and oxygen atoms in total. The molecule has 0 radical (unpaired) electrons. The first kappa shape index (κ1) is 11.4. The summed E-state index contributed by atoms with van der Waals surface area (Å²) in [4.78, 5) is 0. The van der Waals surface area contributed by atoms with Gasteiger partial charge in [0.25, 0.3) is 0 Å². The molecule has 13 heavy (non-hydrogen) atoms. The molecule has 0 heterocycles. The van der Waals surface area contributed by atoms with E-state index in [-0.39, 0.29) is 0 Å². The molecule has 0 N–H and O–H groups in total. The van der Waals surface area contributed by atoms with Crippen LogP contribution in [0.3, 0.4) is 0 Å². The standard InChI is InChI=1S/C6H5I.C5H5.Zr/c7-6-4-2-1-3-5-6;1-2-4-5-3-1;/h1-5H;1-3H,4H2;. The Hall–Kier alpha value is 0.313. The summed E-state index contributed by atoms with van der Waals surface area (Å²) >= 11 is 3.84. The van der Waals surface area contributed by atoms with Crippen LogP contribution in [-0.2, 0) is 24.7 Å². The summed E-state index contributed by atoms with van der Waals surface area (Å²) in [5, 5.41) is 0. The number of allylic oxidation sites excluding steroid dienone is 4. The van der Waals surface area contributed by atoms with E-state index >= 15 is 0 Å². The van der Waals surface area contributed by atoms with Crippen molar-refractivity contribution in [2.75, 3.05) is 0 Å². The third kappa shape index (κ3) is 5.58. The molecule has 0 bridgehead atoms. The van der Waals surface area contributed by atoms with Gasteiger partial charge in [-0.05, 0) is 34.7 Å². The molecule has 2 heteroatoms. The van der Waals surface area contributed by atoms with Gasteiger partial charge in [-0.1, -0.05) is 18.2 Å². The Balaban J connectivity index is 0.000000132. The average Bonchev–Trinajstić information content (AvgIpc) is 2.58. The first-order chi connectivity index (χ1) is 6.29. The van der Waals surface area contributed by atoms with Crippen LogP contribution in [0.15, 0.2) is 51.8 Å². The van der Waals surface area contributed by atoms with E-state index in [9.17, 15) is 0 Å². The first-order valence-corrected chi connectivity index (χ1v) is 6.37. The molecule has 1 aromatic carbocycles. The van der Waals surface area contributed by atoms with Gasteiger partial charge in [-0.15, -0.1) is 0 Å². The Morgan fingerprint density at radius 3 is 2.08 bits per heavy atom. The minimum atomic E-state index is 1.21. The molecule has 0 amide bonds. The van der Waals surface area contributed by atoms with Crippen LogP contribution in [0.2, 0.25) is 0 Å². The molecule has 1 aliphatic rings. The van der Waals surface area contributed by atoms with Crippen LogP contribution in [0, 0.1) is 3.57 Å². The summed E-state index contributed by atoms with van der Waals surface area (Å²) in [7, 11) is 0. The van der Waals surface area contributed by atoms with Crippen molar-refractivity contribution in [1.82, 2.24) is 0 Å². The van der Waals surface area contributed by atoms with Crippen molar-refractivity contribution >= 4 is 22.6 Å². The molecule has 0 unspecified atom stereocenters. The van der Waals surface area contributed by atoms with E-state index < -0.39 is 0 Å². The van der Waals surface area contributed by atoms with Gasteiger partial charge in [-0.3, -0.25) is 0 Å². The zero-order valence-corrected chi connectivity index (χ0v) is 11.8. The molecule has 2 rings (SSSR count). The van der Waals surface area contributed by atoms with E-state index in [0.29, 0.717) is 0 Å². The predicted octanol–water partition coefficient (Wildman–Crippen LogP) is 3.67. The van der Waals surface area contributed by atoms with Gasteiger partial charge in [0.1, 0.15) is 0 Å². The van der Waals surface area contributed by atoms with E-state index in [1.165, 1.54) is 9.99 Å². The Kier molecular flexibility index (Phi) is 5.89. The van der Waals surface area contributed by atoms with Crippen molar-refractivity contribution in [2.45, 2.75) is 6.42 Å². The van der Waals surface area contributed by atoms with Gasteiger partial charge in [0.2, 0.25) is 0 Å². The molecular weight excluding hydrogens is 350 g/mol. The van der Waals surface area contributed by atoms with Gasteiger partial charge in [0.15, 0.2) is 0 Å². The van der Waals surface area contributed by atoms with Crippen molar-refractivity contribution in [3.8, 4) is 0 Å². The van der Waals surface area contributed by atoms with Crippen molar-refractivity contribution in [3.05, 3.63) is 55.4 Å². The topological polar surface area (TPSA) is 0 Å². The van der Waals surface area contributed by atoms with Crippen LogP contribution in [0.1, 0.15) is 6.42 Å². The second-order valence-electron chi connectivity index (χ2n) is 2.62. The molecule has 0 saturated heterocycles. The molecule has 65 valence electrons. The Labute approximate surface area is 108 Å². The number of hydrogen-bond donors (Lipinski definition) is 0. The zero-order valence-electron chi connectivity index (χ0n) is 7.20. The number of hydrogen-bond acceptors (Lipinski definition) is 0. The maximum atomic E-state index is 2.28. The van der Waals surface area contributed by atoms with E-state index in [1.54, 1.807) is 28.0 Å². The molecule has 0 aromatic heterocycles. The zero-order chi connectivity index (χ0) is 9.52. The monoisotopic (exact) mass is 359 g/mol. The minimum absolute atomic E-state index is 1.21. The fourth-order valence-electron chi connectivity index (χ4n) is 0.862. The fraction of sp³-hybridized carbons (Fsp3) is 0.0909. The molecule has 0 atom stereocenters. The van der Waals surface area contributed by atoms with Gasteiger partial charge in [-0.25, -0.2) is 0 Å². The molecule has 1 aromatic rings. The molecule has 1 aliphatic carbocycles. The van der Waals surface area contributed by atoms with Crippen LogP contribution >= 0.6 is 22.6 Å². The van der Waals surface area contributed by atoms with Gasteiger partial charge in [0, 0.05) is 3.57 Å². The average molecular weight is 360 g/mol. The summed E-state index contributed by atoms with van der Waals surface area (Å²) in [6, 6.07) is 10.2. The van der Waals surface area contributed by atoms with Gasteiger partial charge < -0.3 is 0 Å². The summed E-state index contributed by atoms with van der Waals surface area (Å²) in [6.07, 6.45) is 7.69. The Morgan fingerprint density at radius 2 is 1.85 bits per heavy atom. The number of rotatable bonds is 0. The van der Waals surface area contributed by atoms with Crippen LogP contribution in [-0.4, -0.2) is 0 Å². The SMILES string of the molecule is Ic1ccccc1.[Zr][C]1=CC=CC1. The van der Waals surface area contributed by atoms with Crippen LogP contribution < -0.4 is 0 Å². The predicted molar refractivity (Wildman–Crippen MR) is 61.0 cm³/mol. The second kappa shape index (κ2) is 6.72. The summed E-state index contributed by atoms with van der Waals surface area (Å²) < 4.78 is 2.85. The van der Waals surface area contributed by atoms with Crippen molar-refractivity contribution in [3.63, 3.8) is 0 Å². The first-order valence-electron chi connectivity index (χ1n) is 4.07. The third-order valence-electron chi connectivity index (χ3n) is 1.50. The van der Waals surface area contributed by atoms with Crippen LogP contribution in [0.4, 0.5) is 0 Å². The summed E-state index contributed by atoms with van der Waals surface area (Å²) in [6.45, 7) is 0. The van der Waals surface area contributed by atoms with Gasteiger partial charge >= 0.3 is 52.6 Å². The third-order valence-corrected chi connectivity index (χ3v) is 3.13. The Bertz CT molecular complexity index is 301. The number of halogens is 1. The molecular formula is C11H10IZr. The van der Waals surface area contributed by atoms with Gasteiger partial charge in [-0.2, -0.15) is 0 Å². The Morgan fingerprint density at radius 1 is 1.15 bits per heavy atom. The van der Waals surface area contributed by atoms with Crippen molar-refractivity contribution in [1.29, 1.82) is 0 Å². The molecule has 0 aliphatic heterocycles. The fourth-order valence-corrected chi connectivity index (χ4v) is 1.80. The van der Waals surface area contributed by atoms with Crippen LogP contribution in [0.5, 0.6) is 0 Å². The maximum absolute atomic E-state index is 2.28. The summed E-state index contributed by atoms with van der Waals surface area (Å²) in [5.41, 5.74) is 0. The van der Waals surface area contributed by atoms with E-state index in [2.05, 4.69) is 53.0 Å². The van der Waals surface area contributed by atoms with Crippen molar-refractivity contribution < 1.29 is 24.7 Å². The molecule has 0 fully saturated rings. The molecule has 0 saturated carbocycles. The normalized spacial score (nSPS) is 13.1. The van der Waals surface area contributed by atoms with Crippen molar-refractivity contribution in [2.24, 2.45) is 0 Å². The second-order valence-corrected chi connectivity index (χ2v) is 5.44. The van der Waals surface area contributed by atoms with E-state index in [0.717, 1.165) is 0 Å². The van der Waals surface area contributed by atoms with Crippen LogP contribution in [0.25, 0.3) is 0 Å². The van der Waals surface area contributed by atoms with Gasteiger partial charge in [0.05, 0.1) is 0 Å². The molecule has 0 spiro atoms. The van der Waals surface area contributed by atoms with E-state index in [1.807, 2.05) is 18.2 Å². The number of benzene rings is 1.